The average Bonchev–Trinajstić information content (AvgIpc) is 2.75. The third-order valence-corrected chi connectivity index (χ3v) is 2.83. The van der Waals surface area contributed by atoms with Crippen molar-refractivity contribution in [2.45, 2.75) is 20.8 Å². The zero-order valence-electron chi connectivity index (χ0n) is 9.70. The van der Waals surface area contributed by atoms with Gasteiger partial charge in [0.05, 0.1) is 6.26 Å². The minimum absolute atomic E-state index is 0.0504. The molecule has 0 bridgehead atoms. The molecule has 0 fully saturated rings. The fourth-order valence-electron chi connectivity index (χ4n) is 1.75. The standard InChI is InChI=1S/C14H14O2/c1-9-7-11(3)12(8-10(9)2)14(15)13-5-4-6-16-13/h4-8H,1-3H3. The van der Waals surface area contributed by atoms with Crippen molar-refractivity contribution in [2.75, 3.05) is 0 Å². The molecule has 2 aromatic rings. The molecule has 0 aliphatic heterocycles. The maximum absolute atomic E-state index is 12.1. The van der Waals surface area contributed by atoms with Crippen LogP contribution >= 0.6 is 0 Å². The Morgan fingerprint density at radius 3 is 2.38 bits per heavy atom. The van der Waals surface area contributed by atoms with Crippen molar-refractivity contribution in [1.29, 1.82) is 0 Å². The lowest BCUT2D eigenvalue weighted by Gasteiger charge is -2.07. The Hall–Kier alpha value is -1.83. The minimum atomic E-state index is -0.0504. The normalized spacial score (nSPS) is 10.4. The number of aryl methyl sites for hydroxylation is 3. The second kappa shape index (κ2) is 3.97. The van der Waals surface area contributed by atoms with Crippen LogP contribution in [0.5, 0.6) is 0 Å². The van der Waals surface area contributed by atoms with Crippen molar-refractivity contribution in [3.8, 4) is 0 Å². The number of rotatable bonds is 2. The van der Waals surface area contributed by atoms with Crippen molar-refractivity contribution in [3.05, 3.63) is 58.5 Å². The molecule has 0 unspecified atom stereocenters. The molecule has 0 N–H and O–H groups in total. The Kier molecular flexibility index (Phi) is 2.65. The molecular formula is C14H14O2. The van der Waals surface area contributed by atoms with Gasteiger partial charge >= 0.3 is 0 Å². The molecule has 0 atom stereocenters. The summed E-state index contributed by atoms with van der Waals surface area (Å²) in [5, 5.41) is 0. The van der Waals surface area contributed by atoms with Crippen LogP contribution in [0.1, 0.15) is 32.8 Å². The molecular weight excluding hydrogens is 200 g/mol. The third-order valence-electron chi connectivity index (χ3n) is 2.83. The summed E-state index contributed by atoms with van der Waals surface area (Å²) in [6, 6.07) is 7.38. The van der Waals surface area contributed by atoms with E-state index in [0.717, 1.165) is 16.7 Å². The van der Waals surface area contributed by atoms with Gasteiger partial charge in [0.2, 0.25) is 5.78 Å². The van der Waals surface area contributed by atoms with E-state index in [0.29, 0.717) is 5.76 Å². The van der Waals surface area contributed by atoms with Gasteiger partial charge in [-0.15, -0.1) is 0 Å². The van der Waals surface area contributed by atoms with E-state index in [1.807, 2.05) is 32.9 Å². The van der Waals surface area contributed by atoms with Crippen LogP contribution in [0, 0.1) is 20.8 Å². The monoisotopic (exact) mass is 214 g/mol. The minimum Gasteiger partial charge on any atom is -0.461 e. The Balaban J connectivity index is 2.49. The van der Waals surface area contributed by atoms with Crippen molar-refractivity contribution < 1.29 is 9.21 Å². The average molecular weight is 214 g/mol. The van der Waals surface area contributed by atoms with Crippen LogP contribution in [0.25, 0.3) is 0 Å². The first-order valence-corrected chi connectivity index (χ1v) is 5.25. The summed E-state index contributed by atoms with van der Waals surface area (Å²) in [5.74, 6) is 0.344. The smallest absolute Gasteiger partial charge is 0.228 e. The van der Waals surface area contributed by atoms with Gasteiger partial charge in [0.1, 0.15) is 0 Å². The summed E-state index contributed by atoms with van der Waals surface area (Å²) in [6.07, 6.45) is 1.52. The maximum atomic E-state index is 12.1. The molecule has 0 aliphatic rings. The first-order chi connectivity index (χ1) is 7.59. The van der Waals surface area contributed by atoms with Gasteiger partial charge < -0.3 is 4.42 Å². The molecule has 0 spiro atoms. The molecule has 2 rings (SSSR count). The summed E-state index contributed by atoms with van der Waals surface area (Å²) in [6.45, 7) is 6.00. The van der Waals surface area contributed by atoms with Crippen LogP contribution in [0.4, 0.5) is 0 Å². The summed E-state index contributed by atoms with van der Waals surface area (Å²) in [7, 11) is 0. The van der Waals surface area contributed by atoms with Crippen LogP contribution in [0.3, 0.4) is 0 Å². The fourth-order valence-corrected chi connectivity index (χ4v) is 1.75. The van der Waals surface area contributed by atoms with Crippen LogP contribution in [-0.2, 0) is 0 Å². The number of furan rings is 1. The highest BCUT2D eigenvalue weighted by Gasteiger charge is 2.14. The lowest BCUT2D eigenvalue weighted by molar-refractivity contribution is 0.101. The van der Waals surface area contributed by atoms with Crippen molar-refractivity contribution in [3.63, 3.8) is 0 Å². The molecule has 0 radical (unpaired) electrons. The summed E-state index contributed by atoms with van der Waals surface area (Å²) >= 11 is 0. The summed E-state index contributed by atoms with van der Waals surface area (Å²) < 4.78 is 5.13. The lowest BCUT2D eigenvalue weighted by Crippen LogP contribution is -2.03. The molecule has 1 aromatic carbocycles. The highest BCUT2D eigenvalue weighted by Crippen LogP contribution is 2.18. The van der Waals surface area contributed by atoms with E-state index < -0.39 is 0 Å². The maximum Gasteiger partial charge on any atom is 0.228 e. The zero-order valence-corrected chi connectivity index (χ0v) is 9.70. The van der Waals surface area contributed by atoms with E-state index in [9.17, 15) is 4.79 Å². The predicted molar refractivity (Wildman–Crippen MR) is 62.8 cm³/mol. The Morgan fingerprint density at radius 2 is 1.75 bits per heavy atom. The van der Waals surface area contributed by atoms with E-state index in [2.05, 4.69) is 0 Å². The first kappa shape index (κ1) is 10.7. The van der Waals surface area contributed by atoms with E-state index >= 15 is 0 Å². The second-order valence-electron chi connectivity index (χ2n) is 4.06. The van der Waals surface area contributed by atoms with Gasteiger partial charge in [-0.1, -0.05) is 6.07 Å². The van der Waals surface area contributed by atoms with Gasteiger partial charge in [0.15, 0.2) is 5.76 Å². The molecule has 1 aromatic heterocycles. The summed E-state index contributed by atoms with van der Waals surface area (Å²) in [4.78, 5) is 12.1. The van der Waals surface area contributed by atoms with Crippen molar-refractivity contribution in [2.24, 2.45) is 0 Å². The Morgan fingerprint density at radius 1 is 1.06 bits per heavy atom. The van der Waals surface area contributed by atoms with Gasteiger partial charge in [0.25, 0.3) is 0 Å². The molecule has 16 heavy (non-hydrogen) atoms. The second-order valence-corrected chi connectivity index (χ2v) is 4.06. The number of carbonyl (C=O) groups excluding carboxylic acids is 1. The van der Waals surface area contributed by atoms with Crippen LogP contribution in [0.2, 0.25) is 0 Å². The highest BCUT2D eigenvalue weighted by atomic mass is 16.3. The lowest BCUT2D eigenvalue weighted by atomic mass is 9.97. The van der Waals surface area contributed by atoms with Gasteiger partial charge in [-0.3, -0.25) is 4.79 Å². The highest BCUT2D eigenvalue weighted by molar-refractivity contribution is 6.08. The molecule has 82 valence electrons. The fraction of sp³-hybridized carbons (Fsp3) is 0.214. The number of ketones is 1. The molecule has 0 saturated carbocycles. The molecule has 1 heterocycles. The largest absolute Gasteiger partial charge is 0.461 e. The topological polar surface area (TPSA) is 30.2 Å². The Bertz CT molecular complexity index is 522. The third kappa shape index (κ3) is 1.78. The molecule has 0 amide bonds. The number of carbonyl (C=O) groups is 1. The predicted octanol–water partition coefficient (Wildman–Crippen LogP) is 3.44. The van der Waals surface area contributed by atoms with Crippen LogP contribution < -0.4 is 0 Å². The van der Waals surface area contributed by atoms with E-state index in [-0.39, 0.29) is 5.78 Å². The molecule has 2 heteroatoms. The quantitative estimate of drug-likeness (QED) is 0.717. The van der Waals surface area contributed by atoms with Crippen LogP contribution in [-0.4, -0.2) is 5.78 Å². The van der Waals surface area contributed by atoms with E-state index in [1.54, 1.807) is 12.1 Å². The first-order valence-electron chi connectivity index (χ1n) is 5.25. The van der Waals surface area contributed by atoms with Crippen LogP contribution in [0.15, 0.2) is 34.9 Å². The van der Waals surface area contributed by atoms with Crippen molar-refractivity contribution >= 4 is 5.78 Å². The van der Waals surface area contributed by atoms with Gasteiger partial charge in [-0.2, -0.15) is 0 Å². The van der Waals surface area contributed by atoms with Crippen molar-refractivity contribution in [1.82, 2.24) is 0 Å². The number of hydrogen-bond acceptors (Lipinski definition) is 2. The van der Waals surface area contributed by atoms with Gasteiger partial charge in [-0.05, 0) is 55.7 Å². The van der Waals surface area contributed by atoms with Gasteiger partial charge in [-0.25, -0.2) is 0 Å². The van der Waals surface area contributed by atoms with E-state index in [4.69, 9.17) is 4.42 Å². The zero-order chi connectivity index (χ0) is 11.7. The number of benzene rings is 1. The molecule has 2 nitrogen and oxygen atoms in total. The Labute approximate surface area is 94.9 Å². The number of hydrogen-bond donors (Lipinski definition) is 0. The SMILES string of the molecule is Cc1cc(C)c(C(=O)c2ccco2)cc1C. The van der Waals surface area contributed by atoms with Gasteiger partial charge in [0, 0.05) is 5.56 Å². The van der Waals surface area contributed by atoms with E-state index in [1.165, 1.54) is 11.8 Å². The molecule has 0 aliphatic carbocycles. The summed E-state index contributed by atoms with van der Waals surface area (Å²) in [5.41, 5.74) is 4.04. The molecule has 0 saturated heterocycles.